The average Bonchev–Trinajstić information content (AvgIpc) is 3.00. The number of rotatable bonds is 32. The Bertz CT molecular complexity index is 799. The first kappa shape index (κ1) is 47.4. The van der Waals surface area contributed by atoms with E-state index < -0.39 is 0 Å². The molecule has 0 rings (SSSR count). The van der Waals surface area contributed by atoms with Gasteiger partial charge in [-0.25, -0.2) is 0 Å². The Kier molecular flexibility index (Phi) is 30.2. The highest BCUT2D eigenvalue weighted by atomic mass is 16.5. The van der Waals surface area contributed by atoms with Gasteiger partial charge in [0.2, 0.25) is 0 Å². The summed E-state index contributed by atoms with van der Waals surface area (Å²) in [6.45, 7) is 23.8. The second-order valence-corrected chi connectivity index (χ2v) is 17.0. The Labute approximate surface area is 306 Å². The molecule has 0 aromatic heterocycles. The van der Waals surface area contributed by atoms with Gasteiger partial charge < -0.3 is 9.47 Å². The second kappa shape index (κ2) is 31.2. The number of hydrogen-bond donors (Lipinski definition) is 0. The van der Waals surface area contributed by atoms with Crippen LogP contribution in [0.25, 0.3) is 0 Å². The quantitative estimate of drug-likeness (QED) is 0.0521. The molecule has 0 bridgehead atoms. The van der Waals surface area contributed by atoms with Crippen molar-refractivity contribution in [1.82, 2.24) is 0 Å². The summed E-state index contributed by atoms with van der Waals surface area (Å²) >= 11 is 0. The Morgan fingerprint density at radius 2 is 0.694 bits per heavy atom. The smallest absolute Gasteiger partial charge is 0.306 e. The fourth-order valence-electron chi connectivity index (χ4n) is 6.69. The molecule has 0 heterocycles. The highest BCUT2D eigenvalue weighted by Gasteiger charge is 2.10. The van der Waals surface area contributed by atoms with Crippen LogP contribution in [0.2, 0.25) is 0 Å². The topological polar surface area (TPSA) is 52.6 Å². The van der Waals surface area contributed by atoms with Crippen molar-refractivity contribution < 1.29 is 19.1 Å². The lowest BCUT2D eigenvalue weighted by atomic mass is 9.91. The van der Waals surface area contributed by atoms with Gasteiger partial charge in [-0.05, 0) is 93.6 Å². The second-order valence-electron chi connectivity index (χ2n) is 17.0. The highest BCUT2D eigenvalue weighted by molar-refractivity contribution is 5.72. The van der Waals surface area contributed by atoms with Gasteiger partial charge in [-0.15, -0.1) is 0 Å². The minimum absolute atomic E-state index is 0.245. The molecular formula is C45H84O4. The summed E-state index contributed by atoms with van der Waals surface area (Å²) in [6.07, 6.45) is 28.4. The lowest BCUT2D eigenvalue weighted by Gasteiger charge is -2.15. The van der Waals surface area contributed by atoms with Crippen molar-refractivity contribution in [3.8, 4) is 0 Å². The van der Waals surface area contributed by atoms with E-state index in [4.69, 9.17) is 9.47 Å². The Balaban J connectivity index is 3.86. The summed E-state index contributed by atoms with van der Waals surface area (Å²) in [4.78, 5) is 24.3. The van der Waals surface area contributed by atoms with Crippen LogP contribution in [0.5, 0.6) is 0 Å². The molecule has 0 radical (unpaired) electrons. The summed E-state index contributed by atoms with van der Waals surface area (Å²) in [5.41, 5.74) is 2.57. The molecule has 0 amide bonds. The van der Waals surface area contributed by atoms with Gasteiger partial charge in [0.1, 0.15) is 13.2 Å². The number of allylic oxidation sites excluding steroid dienone is 2. The number of hydrogen-bond acceptors (Lipinski definition) is 4. The lowest BCUT2D eigenvalue weighted by molar-refractivity contribution is -0.144. The van der Waals surface area contributed by atoms with Crippen LogP contribution in [0, 0.1) is 35.5 Å². The van der Waals surface area contributed by atoms with E-state index >= 15 is 0 Å². The third-order valence-electron chi connectivity index (χ3n) is 10.4. The van der Waals surface area contributed by atoms with E-state index in [0.29, 0.717) is 19.6 Å². The number of carbonyl (C=O) groups excluding carboxylic acids is 2. The zero-order chi connectivity index (χ0) is 36.9. The third-order valence-corrected chi connectivity index (χ3v) is 10.4. The van der Waals surface area contributed by atoms with Gasteiger partial charge in [0.15, 0.2) is 0 Å². The largest absolute Gasteiger partial charge is 0.461 e. The van der Waals surface area contributed by atoms with Gasteiger partial charge in [-0.3, -0.25) is 9.59 Å². The van der Waals surface area contributed by atoms with E-state index in [1.165, 1.54) is 114 Å². The van der Waals surface area contributed by atoms with Crippen LogP contribution in [-0.4, -0.2) is 25.2 Å². The van der Waals surface area contributed by atoms with E-state index in [2.05, 4.69) is 69.2 Å². The molecule has 0 saturated heterocycles. The molecule has 0 saturated carbocycles. The molecule has 0 aliphatic carbocycles. The molecule has 288 valence electrons. The van der Waals surface area contributed by atoms with E-state index in [1.807, 2.05) is 12.2 Å². The summed E-state index contributed by atoms with van der Waals surface area (Å²) in [6, 6.07) is 0. The molecule has 0 aliphatic rings. The van der Waals surface area contributed by atoms with E-state index in [9.17, 15) is 9.59 Å². The van der Waals surface area contributed by atoms with E-state index in [-0.39, 0.29) is 24.8 Å². The molecule has 0 spiro atoms. The van der Waals surface area contributed by atoms with Gasteiger partial charge in [0.05, 0.1) is 0 Å². The maximum absolute atomic E-state index is 12.1. The molecule has 0 aliphatic heterocycles. The van der Waals surface area contributed by atoms with Crippen molar-refractivity contribution in [2.24, 2.45) is 35.5 Å². The SMILES string of the molecule is CC(=CCOC(=O)CCCC(=O)OCC=C(C)CCC[C@H](C)CCC[C@H](C)CCCC(C)C)CCC[C@H](C)CCC[C@H](C)CCCC(C)C. The summed E-state index contributed by atoms with van der Waals surface area (Å²) in [5, 5.41) is 0. The van der Waals surface area contributed by atoms with Crippen molar-refractivity contribution in [2.75, 3.05) is 13.2 Å². The monoisotopic (exact) mass is 689 g/mol. The molecule has 4 heteroatoms. The van der Waals surface area contributed by atoms with Crippen molar-refractivity contribution in [3.63, 3.8) is 0 Å². The maximum atomic E-state index is 12.1. The first-order valence-electron chi connectivity index (χ1n) is 20.9. The lowest BCUT2D eigenvalue weighted by Crippen LogP contribution is -2.08. The van der Waals surface area contributed by atoms with Crippen LogP contribution in [0.3, 0.4) is 0 Å². The third kappa shape index (κ3) is 33.3. The van der Waals surface area contributed by atoms with Crippen molar-refractivity contribution in [1.29, 1.82) is 0 Å². The van der Waals surface area contributed by atoms with Gasteiger partial charge in [0, 0.05) is 12.8 Å². The maximum Gasteiger partial charge on any atom is 0.306 e. The molecule has 4 atom stereocenters. The molecule has 0 fully saturated rings. The molecule has 0 aromatic carbocycles. The van der Waals surface area contributed by atoms with Crippen molar-refractivity contribution in [3.05, 3.63) is 23.3 Å². The van der Waals surface area contributed by atoms with Crippen LogP contribution >= 0.6 is 0 Å². The predicted octanol–water partition coefficient (Wildman–Crippen LogP) is 14.0. The van der Waals surface area contributed by atoms with E-state index in [1.54, 1.807) is 0 Å². The molecule has 0 aromatic rings. The minimum Gasteiger partial charge on any atom is -0.461 e. The Morgan fingerprint density at radius 1 is 0.408 bits per heavy atom. The number of carbonyl (C=O) groups is 2. The number of ether oxygens (including phenoxy) is 2. The van der Waals surface area contributed by atoms with Gasteiger partial charge in [-0.1, -0.05) is 156 Å². The first-order chi connectivity index (χ1) is 23.3. The van der Waals surface area contributed by atoms with Crippen LogP contribution in [0.15, 0.2) is 23.3 Å². The summed E-state index contributed by atoms with van der Waals surface area (Å²) < 4.78 is 10.8. The summed E-state index contributed by atoms with van der Waals surface area (Å²) in [5.74, 6) is 4.43. The standard InChI is InChI=1S/C45H84O4/c1-36(2)18-11-20-38(5)22-13-24-40(7)26-15-28-42(9)32-34-48-44(46)30-17-31-45(47)49-35-33-43(10)29-16-27-41(8)25-14-23-39(6)21-12-19-37(3)4/h32-33,36-41H,11-31,34-35H2,1-10H3/t38-,39-,40-,41-/m1/s1. The molecule has 4 nitrogen and oxygen atoms in total. The van der Waals surface area contributed by atoms with Gasteiger partial charge in [0.25, 0.3) is 0 Å². The van der Waals surface area contributed by atoms with Crippen LogP contribution in [0.4, 0.5) is 0 Å². The fraction of sp³-hybridized carbons (Fsp3) is 0.867. The number of esters is 2. The predicted molar refractivity (Wildman–Crippen MR) is 213 cm³/mol. The van der Waals surface area contributed by atoms with Crippen LogP contribution in [0.1, 0.15) is 204 Å². The normalized spacial score (nSPS) is 15.0. The summed E-state index contributed by atoms with van der Waals surface area (Å²) in [7, 11) is 0. The average molecular weight is 689 g/mol. The highest BCUT2D eigenvalue weighted by Crippen LogP contribution is 2.23. The van der Waals surface area contributed by atoms with Crippen molar-refractivity contribution >= 4 is 11.9 Å². The molecule has 0 N–H and O–H groups in total. The fourth-order valence-corrected chi connectivity index (χ4v) is 6.69. The van der Waals surface area contributed by atoms with Crippen LogP contribution < -0.4 is 0 Å². The molecule has 49 heavy (non-hydrogen) atoms. The molecular weight excluding hydrogens is 604 g/mol. The zero-order valence-corrected chi connectivity index (χ0v) is 34.5. The van der Waals surface area contributed by atoms with E-state index in [0.717, 1.165) is 48.3 Å². The zero-order valence-electron chi connectivity index (χ0n) is 34.5. The molecule has 0 unspecified atom stereocenters. The van der Waals surface area contributed by atoms with Gasteiger partial charge in [-0.2, -0.15) is 0 Å². The Morgan fingerprint density at radius 3 is 1.00 bits per heavy atom. The Hall–Kier alpha value is -1.58. The minimum atomic E-state index is -0.245. The van der Waals surface area contributed by atoms with Crippen molar-refractivity contribution in [2.45, 2.75) is 204 Å². The van der Waals surface area contributed by atoms with Gasteiger partial charge >= 0.3 is 11.9 Å². The first-order valence-corrected chi connectivity index (χ1v) is 20.9. The van der Waals surface area contributed by atoms with Crippen LogP contribution in [-0.2, 0) is 19.1 Å².